The predicted molar refractivity (Wildman–Crippen MR) is 143 cm³/mol. The quantitative estimate of drug-likeness (QED) is 0.510. The monoisotopic (exact) mass is 502 g/mol. The van der Waals surface area contributed by atoms with Gasteiger partial charge in [0.15, 0.2) is 0 Å². The molecule has 1 saturated carbocycles. The summed E-state index contributed by atoms with van der Waals surface area (Å²) in [6.45, 7) is 5.29. The largest absolute Gasteiger partial charge is 0.478 e. The summed E-state index contributed by atoms with van der Waals surface area (Å²) in [6.07, 6.45) is 4.72. The van der Waals surface area contributed by atoms with Gasteiger partial charge in [0.1, 0.15) is 5.82 Å². The van der Waals surface area contributed by atoms with Crippen LogP contribution in [0.2, 0.25) is 0 Å². The molecule has 0 bridgehead atoms. The Hall–Kier alpha value is -3.68. The SMILES string of the molecule is Cc1cc([C@@H](C)Nc2ccccc2C(=O)O)c2nc(C3CCN(C(=O)C4CCC4)CC3)n(C)c(=O)c2c1. The maximum absolute atomic E-state index is 13.5. The normalized spacial score (nSPS) is 17.4. The number of carboxylic acids is 1. The van der Waals surface area contributed by atoms with Crippen LogP contribution in [-0.4, -0.2) is 44.5 Å². The molecule has 1 amide bonds. The summed E-state index contributed by atoms with van der Waals surface area (Å²) < 4.78 is 1.66. The van der Waals surface area contributed by atoms with E-state index in [9.17, 15) is 19.5 Å². The maximum atomic E-state index is 13.5. The van der Waals surface area contributed by atoms with Crippen LogP contribution < -0.4 is 10.9 Å². The second kappa shape index (κ2) is 10.00. The average Bonchev–Trinajstić information content (AvgIpc) is 2.85. The Kier molecular flexibility index (Phi) is 6.75. The summed E-state index contributed by atoms with van der Waals surface area (Å²) >= 11 is 0. The number of hydrogen-bond acceptors (Lipinski definition) is 5. The van der Waals surface area contributed by atoms with Gasteiger partial charge in [-0.3, -0.25) is 14.2 Å². The number of aryl methyl sites for hydroxylation is 1. The number of anilines is 1. The molecule has 2 aliphatic rings. The number of piperidine rings is 1. The molecule has 1 aromatic heterocycles. The summed E-state index contributed by atoms with van der Waals surface area (Å²) in [5.74, 6) is 0.324. The molecule has 0 spiro atoms. The highest BCUT2D eigenvalue weighted by Crippen LogP contribution is 2.33. The fourth-order valence-corrected chi connectivity index (χ4v) is 5.64. The first-order valence-electron chi connectivity index (χ1n) is 13.1. The number of nitrogens with zero attached hydrogens (tertiary/aromatic N) is 3. The Labute approximate surface area is 216 Å². The second-order valence-electron chi connectivity index (χ2n) is 10.5. The number of amides is 1. The predicted octanol–water partition coefficient (Wildman–Crippen LogP) is 4.62. The standard InChI is InChI=1S/C29H34N4O4/c1-17-15-22(18(2)30-24-10-5-4-9-21(24)29(36)37)25-23(16-17)28(35)32(3)26(31-25)19-11-13-33(14-12-19)27(34)20-7-6-8-20/h4-5,9-10,15-16,18-20,30H,6-8,11-14H2,1-3H3,(H,36,37)/t18-/m1/s1. The van der Waals surface area contributed by atoms with Crippen LogP contribution >= 0.6 is 0 Å². The zero-order chi connectivity index (χ0) is 26.3. The van der Waals surface area contributed by atoms with Gasteiger partial charge in [-0.1, -0.05) is 24.6 Å². The second-order valence-corrected chi connectivity index (χ2v) is 10.5. The third-order valence-electron chi connectivity index (χ3n) is 8.01. The minimum absolute atomic E-state index is 0.0870. The van der Waals surface area contributed by atoms with E-state index >= 15 is 0 Å². The molecule has 2 heterocycles. The number of aromatic nitrogens is 2. The highest BCUT2D eigenvalue weighted by molar-refractivity contribution is 5.94. The first-order valence-corrected chi connectivity index (χ1v) is 13.1. The van der Waals surface area contributed by atoms with Crippen LogP contribution in [0.3, 0.4) is 0 Å². The first kappa shape index (κ1) is 25.0. The van der Waals surface area contributed by atoms with Crippen molar-refractivity contribution in [2.24, 2.45) is 13.0 Å². The molecular weight excluding hydrogens is 468 g/mol. The summed E-state index contributed by atoms with van der Waals surface area (Å²) in [4.78, 5) is 44.9. The molecule has 2 aromatic carbocycles. The lowest BCUT2D eigenvalue weighted by Gasteiger charge is -2.36. The summed E-state index contributed by atoms with van der Waals surface area (Å²) in [7, 11) is 1.78. The van der Waals surface area contributed by atoms with E-state index in [1.807, 2.05) is 30.9 Å². The highest BCUT2D eigenvalue weighted by atomic mass is 16.4. The third-order valence-corrected chi connectivity index (χ3v) is 8.01. The number of rotatable bonds is 6. The van der Waals surface area contributed by atoms with E-state index in [0.717, 1.165) is 49.1 Å². The number of benzene rings is 2. The molecule has 8 nitrogen and oxygen atoms in total. The summed E-state index contributed by atoms with van der Waals surface area (Å²) in [5.41, 5.74) is 3.06. The lowest BCUT2D eigenvalue weighted by atomic mass is 9.83. The van der Waals surface area contributed by atoms with E-state index in [0.29, 0.717) is 29.7 Å². The van der Waals surface area contributed by atoms with Crippen molar-refractivity contribution in [1.82, 2.24) is 14.5 Å². The smallest absolute Gasteiger partial charge is 0.337 e. The molecule has 1 saturated heterocycles. The van der Waals surface area contributed by atoms with Crippen LogP contribution in [0.5, 0.6) is 0 Å². The zero-order valence-corrected chi connectivity index (χ0v) is 21.7. The van der Waals surface area contributed by atoms with Crippen LogP contribution in [0, 0.1) is 12.8 Å². The number of likely N-dealkylation sites (tertiary alicyclic amines) is 1. The number of para-hydroxylation sites is 1. The Balaban J connectivity index is 1.47. The molecule has 2 fully saturated rings. The molecule has 5 rings (SSSR count). The van der Waals surface area contributed by atoms with Gasteiger partial charge >= 0.3 is 5.97 Å². The van der Waals surface area contributed by atoms with E-state index in [2.05, 4.69) is 5.32 Å². The van der Waals surface area contributed by atoms with Crippen molar-refractivity contribution < 1.29 is 14.7 Å². The van der Waals surface area contributed by atoms with E-state index < -0.39 is 5.97 Å². The Bertz CT molecular complexity index is 1420. The zero-order valence-electron chi connectivity index (χ0n) is 21.7. The van der Waals surface area contributed by atoms with Gasteiger partial charge in [0.05, 0.1) is 22.5 Å². The lowest BCUT2D eigenvalue weighted by molar-refractivity contribution is -0.139. The van der Waals surface area contributed by atoms with Gasteiger partial charge in [-0.05, 0) is 63.3 Å². The van der Waals surface area contributed by atoms with Crippen molar-refractivity contribution in [2.75, 3.05) is 18.4 Å². The number of carboxylic acid groups (broad SMARTS) is 1. The van der Waals surface area contributed by atoms with Gasteiger partial charge in [0.2, 0.25) is 5.91 Å². The van der Waals surface area contributed by atoms with Crippen LogP contribution in [-0.2, 0) is 11.8 Å². The summed E-state index contributed by atoms with van der Waals surface area (Å²) in [5, 5.41) is 13.5. The molecular formula is C29H34N4O4. The Morgan fingerprint density at radius 3 is 2.46 bits per heavy atom. The fourth-order valence-electron chi connectivity index (χ4n) is 5.64. The molecule has 1 aliphatic carbocycles. The number of carbonyl (C=O) groups excluding carboxylic acids is 1. The molecule has 8 heteroatoms. The number of hydrogen-bond donors (Lipinski definition) is 2. The van der Waals surface area contributed by atoms with Crippen molar-refractivity contribution in [1.29, 1.82) is 0 Å². The average molecular weight is 503 g/mol. The van der Waals surface area contributed by atoms with Crippen molar-refractivity contribution in [3.05, 3.63) is 69.3 Å². The van der Waals surface area contributed by atoms with Gasteiger partial charge in [-0.25, -0.2) is 9.78 Å². The Morgan fingerprint density at radius 2 is 1.81 bits per heavy atom. The van der Waals surface area contributed by atoms with E-state index in [1.165, 1.54) is 0 Å². The minimum atomic E-state index is -0.999. The van der Waals surface area contributed by atoms with E-state index in [4.69, 9.17) is 4.98 Å². The highest BCUT2D eigenvalue weighted by Gasteiger charge is 2.33. The van der Waals surface area contributed by atoms with Gasteiger partial charge in [-0.15, -0.1) is 0 Å². The summed E-state index contributed by atoms with van der Waals surface area (Å²) in [6, 6.07) is 10.4. The number of carbonyl (C=O) groups is 2. The third kappa shape index (κ3) is 4.72. The maximum Gasteiger partial charge on any atom is 0.337 e. The van der Waals surface area contributed by atoms with Gasteiger partial charge in [-0.2, -0.15) is 0 Å². The molecule has 0 radical (unpaired) electrons. The van der Waals surface area contributed by atoms with Crippen molar-refractivity contribution in [3.8, 4) is 0 Å². The van der Waals surface area contributed by atoms with Gasteiger partial charge < -0.3 is 15.3 Å². The fraction of sp³-hybridized carbons (Fsp3) is 0.448. The van der Waals surface area contributed by atoms with Crippen LogP contribution in [0.15, 0.2) is 41.2 Å². The van der Waals surface area contributed by atoms with E-state index in [1.54, 1.807) is 35.9 Å². The van der Waals surface area contributed by atoms with Crippen molar-refractivity contribution >= 4 is 28.5 Å². The molecule has 3 aromatic rings. The minimum Gasteiger partial charge on any atom is -0.478 e. The number of aromatic carboxylic acids is 1. The van der Waals surface area contributed by atoms with Crippen LogP contribution in [0.25, 0.3) is 10.9 Å². The molecule has 1 atom stereocenters. The van der Waals surface area contributed by atoms with Gasteiger partial charge in [0, 0.05) is 43.2 Å². The molecule has 37 heavy (non-hydrogen) atoms. The topological polar surface area (TPSA) is 105 Å². The van der Waals surface area contributed by atoms with Gasteiger partial charge in [0.25, 0.3) is 5.56 Å². The lowest BCUT2D eigenvalue weighted by Crippen LogP contribution is -2.43. The molecule has 194 valence electrons. The Morgan fingerprint density at radius 1 is 1.11 bits per heavy atom. The van der Waals surface area contributed by atoms with E-state index in [-0.39, 0.29) is 34.9 Å². The van der Waals surface area contributed by atoms with Crippen molar-refractivity contribution in [3.63, 3.8) is 0 Å². The number of fused-ring (bicyclic) bond motifs is 1. The van der Waals surface area contributed by atoms with Crippen LogP contribution in [0.4, 0.5) is 5.69 Å². The number of nitrogens with one attached hydrogen (secondary N) is 1. The molecule has 1 aliphatic heterocycles. The molecule has 0 unspecified atom stereocenters. The first-order chi connectivity index (χ1) is 17.7. The van der Waals surface area contributed by atoms with Crippen LogP contribution in [0.1, 0.15) is 78.3 Å². The molecule has 2 N–H and O–H groups in total. The van der Waals surface area contributed by atoms with Crippen molar-refractivity contribution in [2.45, 2.75) is 57.9 Å².